The standard InChI is InChI=1S/C16H29N3O3/c1-16(2,3)22-15(21)18(4)13-5-7-19(8-6-13)14(20)9-12-10-17-11-12/h12-13,17H,5-11H2,1-4H3. The summed E-state index contributed by atoms with van der Waals surface area (Å²) in [5.74, 6) is 0.763. The summed E-state index contributed by atoms with van der Waals surface area (Å²) in [6.07, 6.45) is 2.02. The van der Waals surface area contributed by atoms with Gasteiger partial charge in [-0.25, -0.2) is 4.79 Å². The average molecular weight is 311 g/mol. The van der Waals surface area contributed by atoms with Crippen LogP contribution in [0.1, 0.15) is 40.0 Å². The highest BCUT2D eigenvalue weighted by Gasteiger charge is 2.31. The minimum Gasteiger partial charge on any atom is -0.444 e. The molecule has 0 aromatic rings. The minimum absolute atomic E-state index is 0.157. The SMILES string of the molecule is CN(C(=O)OC(C)(C)C)C1CCN(C(=O)CC2CNC2)CC1. The lowest BCUT2D eigenvalue weighted by atomic mass is 9.97. The molecule has 0 radical (unpaired) electrons. The summed E-state index contributed by atoms with van der Waals surface area (Å²) in [4.78, 5) is 27.9. The number of rotatable bonds is 3. The fraction of sp³-hybridized carbons (Fsp3) is 0.875. The van der Waals surface area contributed by atoms with Crippen LogP contribution in [0.3, 0.4) is 0 Å². The van der Waals surface area contributed by atoms with E-state index >= 15 is 0 Å². The van der Waals surface area contributed by atoms with Crippen molar-refractivity contribution in [1.82, 2.24) is 15.1 Å². The van der Waals surface area contributed by atoms with Gasteiger partial charge in [0.25, 0.3) is 0 Å². The molecule has 0 atom stereocenters. The lowest BCUT2D eigenvalue weighted by Crippen LogP contribution is -2.50. The second-order valence-corrected chi connectivity index (χ2v) is 7.43. The van der Waals surface area contributed by atoms with Gasteiger partial charge in [0.2, 0.25) is 5.91 Å². The van der Waals surface area contributed by atoms with Gasteiger partial charge in [-0.1, -0.05) is 0 Å². The fourth-order valence-corrected chi connectivity index (χ4v) is 2.85. The van der Waals surface area contributed by atoms with Gasteiger partial charge in [0.15, 0.2) is 0 Å². The van der Waals surface area contributed by atoms with Crippen LogP contribution in [-0.2, 0) is 9.53 Å². The molecule has 6 heteroatoms. The molecule has 6 nitrogen and oxygen atoms in total. The van der Waals surface area contributed by atoms with Crippen LogP contribution in [0.5, 0.6) is 0 Å². The maximum Gasteiger partial charge on any atom is 0.410 e. The Morgan fingerprint density at radius 3 is 2.27 bits per heavy atom. The molecule has 126 valence electrons. The maximum atomic E-state index is 12.2. The Morgan fingerprint density at radius 2 is 1.82 bits per heavy atom. The first-order chi connectivity index (χ1) is 10.3. The van der Waals surface area contributed by atoms with Gasteiger partial charge in [-0.05, 0) is 52.6 Å². The van der Waals surface area contributed by atoms with Crippen LogP contribution in [-0.4, -0.2) is 66.7 Å². The van der Waals surface area contributed by atoms with E-state index in [2.05, 4.69) is 5.32 Å². The molecule has 0 unspecified atom stereocenters. The number of ether oxygens (including phenoxy) is 1. The first-order valence-corrected chi connectivity index (χ1v) is 8.20. The topological polar surface area (TPSA) is 61.9 Å². The van der Waals surface area contributed by atoms with Gasteiger partial charge >= 0.3 is 6.09 Å². The van der Waals surface area contributed by atoms with E-state index in [-0.39, 0.29) is 18.0 Å². The van der Waals surface area contributed by atoms with E-state index in [1.54, 1.807) is 11.9 Å². The van der Waals surface area contributed by atoms with E-state index in [1.165, 1.54) is 0 Å². The molecular formula is C16H29N3O3. The molecule has 0 spiro atoms. The Labute approximate surface area is 133 Å². The Bertz CT molecular complexity index is 407. The Hall–Kier alpha value is -1.30. The molecule has 2 saturated heterocycles. The fourth-order valence-electron chi connectivity index (χ4n) is 2.85. The van der Waals surface area contributed by atoms with Crippen LogP contribution in [0.25, 0.3) is 0 Å². The van der Waals surface area contributed by atoms with Gasteiger partial charge in [0.1, 0.15) is 5.60 Å². The third kappa shape index (κ3) is 4.60. The number of nitrogens with zero attached hydrogens (tertiary/aromatic N) is 2. The molecule has 22 heavy (non-hydrogen) atoms. The van der Waals surface area contributed by atoms with Crippen LogP contribution in [0.4, 0.5) is 4.79 Å². The first kappa shape index (κ1) is 17.1. The molecule has 0 aromatic carbocycles. The molecule has 2 fully saturated rings. The van der Waals surface area contributed by atoms with Crippen molar-refractivity contribution in [2.75, 3.05) is 33.2 Å². The highest BCUT2D eigenvalue weighted by molar-refractivity contribution is 5.76. The molecule has 2 amide bonds. The molecule has 0 bridgehead atoms. The summed E-state index contributed by atoms with van der Waals surface area (Å²) < 4.78 is 5.40. The first-order valence-electron chi connectivity index (χ1n) is 8.20. The summed E-state index contributed by atoms with van der Waals surface area (Å²) in [6.45, 7) is 9.00. The molecule has 0 aromatic heterocycles. The summed E-state index contributed by atoms with van der Waals surface area (Å²) in [6, 6.07) is 0.157. The van der Waals surface area contributed by atoms with Gasteiger partial charge in [0, 0.05) is 32.6 Å². The zero-order chi connectivity index (χ0) is 16.3. The molecule has 2 rings (SSSR count). The predicted octanol–water partition coefficient (Wildman–Crippen LogP) is 1.45. The van der Waals surface area contributed by atoms with Crippen molar-refractivity contribution in [1.29, 1.82) is 0 Å². The Balaban J connectivity index is 1.76. The van der Waals surface area contributed by atoms with Crippen LogP contribution < -0.4 is 5.32 Å². The van der Waals surface area contributed by atoms with E-state index in [9.17, 15) is 9.59 Å². The van der Waals surface area contributed by atoms with E-state index in [0.717, 1.165) is 39.0 Å². The highest BCUT2D eigenvalue weighted by Crippen LogP contribution is 2.20. The largest absolute Gasteiger partial charge is 0.444 e. The van der Waals surface area contributed by atoms with Gasteiger partial charge in [-0.15, -0.1) is 0 Å². The normalized spacial score (nSPS) is 20.5. The smallest absolute Gasteiger partial charge is 0.410 e. The zero-order valence-electron chi connectivity index (χ0n) is 14.2. The van der Waals surface area contributed by atoms with Crippen LogP contribution in [0, 0.1) is 5.92 Å². The van der Waals surface area contributed by atoms with Gasteiger partial charge in [-0.3, -0.25) is 4.79 Å². The number of nitrogens with one attached hydrogen (secondary N) is 1. The maximum absolute atomic E-state index is 12.2. The molecule has 0 aliphatic carbocycles. The van der Waals surface area contributed by atoms with Crippen molar-refractivity contribution in [3.05, 3.63) is 0 Å². The Kier molecular flexibility index (Phi) is 5.32. The van der Waals surface area contributed by atoms with Crippen molar-refractivity contribution in [3.63, 3.8) is 0 Å². The number of piperidine rings is 1. The number of amides is 2. The quantitative estimate of drug-likeness (QED) is 0.857. The zero-order valence-corrected chi connectivity index (χ0v) is 14.2. The van der Waals surface area contributed by atoms with E-state index < -0.39 is 5.60 Å². The lowest BCUT2D eigenvalue weighted by Gasteiger charge is -2.38. The molecule has 1 N–H and O–H groups in total. The van der Waals surface area contributed by atoms with Crippen molar-refractivity contribution in [3.8, 4) is 0 Å². The van der Waals surface area contributed by atoms with Crippen molar-refractivity contribution >= 4 is 12.0 Å². The number of likely N-dealkylation sites (tertiary alicyclic amines) is 1. The minimum atomic E-state index is -0.473. The van der Waals surface area contributed by atoms with E-state index in [1.807, 2.05) is 25.7 Å². The predicted molar refractivity (Wildman–Crippen MR) is 84.6 cm³/mol. The summed E-state index contributed by atoms with van der Waals surface area (Å²) in [5, 5.41) is 3.19. The van der Waals surface area contributed by atoms with Crippen LogP contribution >= 0.6 is 0 Å². The number of carbonyl (C=O) groups excluding carboxylic acids is 2. The van der Waals surface area contributed by atoms with Gasteiger partial charge in [-0.2, -0.15) is 0 Å². The number of hydrogen-bond acceptors (Lipinski definition) is 4. The van der Waals surface area contributed by atoms with E-state index in [0.29, 0.717) is 12.3 Å². The molecular weight excluding hydrogens is 282 g/mol. The highest BCUT2D eigenvalue weighted by atomic mass is 16.6. The lowest BCUT2D eigenvalue weighted by molar-refractivity contribution is -0.134. The second-order valence-electron chi connectivity index (χ2n) is 7.43. The van der Waals surface area contributed by atoms with Crippen LogP contribution in [0.2, 0.25) is 0 Å². The molecule has 2 aliphatic heterocycles. The number of carbonyl (C=O) groups is 2. The molecule has 2 aliphatic rings. The van der Waals surface area contributed by atoms with Crippen molar-refractivity contribution in [2.45, 2.75) is 51.7 Å². The average Bonchev–Trinajstić information content (AvgIpc) is 2.40. The number of hydrogen-bond donors (Lipinski definition) is 1. The third-order valence-electron chi connectivity index (χ3n) is 4.38. The van der Waals surface area contributed by atoms with Gasteiger partial charge < -0.3 is 19.9 Å². The van der Waals surface area contributed by atoms with Crippen molar-refractivity contribution < 1.29 is 14.3 Å². The summed E-state index contributed by atoms with van der Waals surface area (Å²) >= 11 is 0. The van der Waals surface area contributed by atoms with Crippen molar-refractivity contribution in [2.24, 2.45) is 5.92 Å². The third-order valence-corrected chi connectivity index (χ3v) is 4.38. The monoisotopic (exact) mass is 311 g/mol. The molecule has 2 heterocycles. The summed E-state index contributed by atoms with van der Waals surface area (Å²) in [5.41, 5.74) is -0.473. The molecule has 0 saturated carbocycles. The van der Waals surface area contributed by atoms with E-state index in [4.69, 9.17) is 4.74 Å². The summed E-state index contributed by atoms with van der Waals surface area (Å²) in [7, 11) is 1.79. The Morgan fingerprint density at radius 1 is 1.23 bits per heavy atom. The second kappa shape index (κ2) is 6.86. The van der Waals surface area contributed by atoms with Gasteiger partial charge in [0.05, 0.1) is 0 Å². The van der Waals surface area contributed by atoms with Crippen LogP contribution in [0.15, 0.2) is 0 Å².